The van der Waals surface area contributed by atoms with Crippen LogP contribution in [-0.2, 0) is 20.8 Å². The van der Waals surface area contributed by atoms with Crippen molar-refractivity contribution in [2.45, 2.75) is 43.0 Å². The normalized spacial score (nSPS) is 16.3. The fourth-order valence-electron chi connectivity index (χ4n) is 4.37. The number of hydrogen-bond donors (Lipinski definition) is 4. The molecule has 1 saturated heterocycles. The number of fused-ring (bicyclic) bond motifs is 1. The van der Waals surface area contributed by atoms with Gasteiger partial charge in [-0.15, -0.1) is 12.6 Å². The number of carboxylic acids is 1. The van der Waals surface area contributed by atoms with Gasteiger partial charge in [0.05, 0.1) is 17.4 Å². The molecule has 1 aliphatic heterocycles. The van der Waals surface area contributed by atoms with Gasteiger partial charge in [-0.05, 0) is 36.6 Å². The number of rotatable bonds is 10. The molecule has 0 bridgehead atoms. The number of H-pyrrole nitrogens is 1. The molecule has 1 aromatic carbocycles. The Labute approximate surface area is 227 Å². The largest absolute Gasteiger partial charge is 0.481 e. The van der Waals surface area contributed by atoms with Crippen LogP contribution < -0.4 is 10.1 Å². The predicted molar refractivity (Wildman–Crippen MR) is 140 cm³/mol. The molecule has 2 aromatic heterocycles. The number of nitrogens with zero attached hydrogens (tertiary/aromatic N) is 4. The number of benzene rings is 1. The predicted octanol–water partition coefficient (Wildman–Crippen LogP) is 2.93. The van der Waals surface area contributed by atoms with Gasteiger partial charge in [0.15, 0.2) is 4.87 Å². The topological polar surface area (TPSA) is 192 Å². The Morgan fingerprint density at radius 2 is 2.13 bits per heavy atom. The zero-order chi connectivity index (χ0) is 28.2. The number of aromatic nitrogens is 2. The Hall–Kier alpha value is -4.64. The summed E-state index contributed by atoms with van der Waals surface area (Å²) in [5, 5.41) is 32.5. The molecule has 1 fully saturated rings. The summed E-state index contributed by atoms with van der Waals surface area (Å²) in [5.74, 6) is -1.87. The average Bonchev–Trinajstić information content (AvgIpc) is 3.54. The molecular weight excluding hydrogens is 528 g/mol. The number of aromatic amines is 1. The van der Waals surface area contributed by atoms with Crippen LogP contribution in [0.5, 0.6) is 11.6 Å². The first-order chi connectivity index (χ1) is 18.6. The average molecular weight is 553 g/mol. The molecule has 0 unspecified atom stereocenters. The molecule has 2 amide bonds. The number of ether oxygens (including phenoxy) is 1. The summed E-state index contributed by atoms with van der Waals surface area (Å²) in [6, 6.07) is 9.17. The molecule has 202 valence electrons. The van der Waals surface area contributed by atoms with Gasteiger partial charge in [0.2, 0.25) is 11.8 Å². The van der Waals surface area contributed by atoms with Crippen LogP contribution in [0.1, 0.15) is 31.2 Å². The lowest BCUT2D eigenvalue weighted by Gasteiger charge is -2.33. The monoisotopic (exact) mass is 552 g/mol. The van der Waals surface area contributed by atoms with Gasteiger partial charge in [0, 0.05) is 48.6 Å². The van der Waals surface area contributed by atoms with Crippen LogP contribution in [0.2, 0.25) is 0 Å². The van der Waals surface area contributed by atoms with Crippen molar-refractivity contribution in [2.24, 2.45) is 0 Å². The molecule has 3 aromatic rings. The van der Waals surface area contributed by atoms with E-state index < -0.39 is 40.0 Å². The number of nitrogens with one attached hydrogen (secondary N) is 2. The molecule has 14 heteroatoms. The maximum absolute atomic E-state index is 13.6. The number of pyridine rings is 1. The van der Waals surface area contributed by atoms with E-state index in [0.717, 1.165) is 6.20 Å². The second-order valence-electron chi connectivity index (χ2n) is 9.00. The smallest absolute Gasteiger partial charge is 0.303 e. The standard InChI is InChI=1S/C25H24N6O7S/c26-12-16-2-1-9-30(16)24(35)25(39,29-21(32)6-8-23(33)34)11-15-13-27-20-5-4-18(10-19(15)20)38-22-7-3-17(14-28-22)31(36)37/h3-5,7,10,13-14,16,27,39H,1-2,6,8-9,11H2,(H,29,32)(H,33,34)/t16-,25-/m0/s1. The third-order valence-electron chi connectivity index (χ3n) is 6.27. The Morgan fingerprint density at radius 3 is 2.79 bits per heavy atom. The van der Waals surface area contributed by atoms with Gasteiger partial charge < -0.3 is 25.0 Å². The lowest BCUT2D eigenvalue weighted by atomic mass is 10.0. The number of nitro groups is 1. The van der Waals surface area contributed by atoms with Crippen molar-refractivity contribution < 1.29 is 29.2 Å². The summed E-state index contributed by atoms with van der Waals surface area (Å²) < 4.78 is 5.75. The fourth-order valence-corrected chi connectivity index (χ4v) is 4.80. The maximum Gasteiger partial charge on any atom is 0.303 e. The minimum Gasteiger partial charge on any atom is -0.481 e. The van der Waals surface area contributed by atoms with Crippen molar-refractivity contribution in [2.75, 3.05) is 6.54 Å². The molecule has 13 nitrogen and oxygen atoms in total. The highest BCUT2D eigenvalue weighted by Crippen LogP contribution is 2.32. The third-order valence-corrected chi connectivity index (χ3v) is 6.73. The molecule has 0 spiro atoms. The van der Waals surface area contributed by atoms with Crippen LogP contribution in [0.15, 0.2) is 42.7 Å². The molecule has 1 aliphatic rings. The quantitative estimate of drug-likeness (QED) is 0.127. The molecule has 39 heavy (non-hydrogen) atoms. The van der Waals surface area contributed by atoms with Crippen LogP contribution in [0.3, 0.4) is 0 Å². The Balaban J connectivity index is 1.62. The molecule has 0 aliphatic carbocycles. The number of carbonyl (C=O) groups excluding carboxylic acids is 2. The Morgan fingerprint density at radius 1 is 1.33 bits per heavy atom. The molecule has 4 rings (SSSR count). The van der Waals surface area contributed by atoms with Gasteiger partial charge >= 0.3 is 5.97 Å². The number of likely N-dealkylation sites (tertiary alicyclic amines) is 1. The number of nitriles is 1. The van der Waals surface area contributed by atoms with Gasteiger partial charge in [-0.2, -0.15) is 5.26 Å². The lowest BCUT2D eigenvalue weighted by molar-refractivity contribution is -0.385. The van der Waals surface area contributed by atoms with Crippen LogP contribution in [0, 0.1) is 21.4 Å². The van der Waals surface area contributed by atoms with Gasteiger partial charge in [-0.3, -0.25) is 24.5 Å². The van der Waals surface area contributed by atoms with Crippen molar-refractivity contribution in [3.8, 4) is 17.7 Å². The fraction of sp³-hybridized carbons (Fsp3) is 0.320. The third kappa shape index (κ3) is 6.27. The van der Waals surface area contributed by atoms with Gasteiger partial charge in [0.1, 0.15) is 18.0 Å². The van der Waals surface area contributed by atoms with Crippen molar-refractivity contribution >= 4 is 47.0 Å². The zero-order valence-electron chi connectivity index (χ0n) is 20.5. The summed E-state index contributed by atoms with van der Waals surface area (Å²) in [7, 11) is 0. The van der Waals surface area contributed by atoms with E-state index in [4.69, 9.17) is 9.84 Å². The minimum atomic E-state index is -1.76. The van der Waals surface area contributed by atoms with E-state index in [1.807, 2.05) is 0 Å². The SMILES string of the molecule is N#C[C@@H]1CCCN1C(=O)[C@@](S)(Cc1c[nH]c2ccc(Oc3ccc([N+](=O)[O-])cn3)cc12)NC(=O)CCC(=O)O. The first-order valence-electron chi connectivity index (χ1n) is 11.9. The number of aliphatic carboxylic acids is 1. The molecule has 3 N–H and O–H groups in total. The van der Waals surface area contributed by atoms with Crippen LogP contribution >= 0.6 is 12.6 Å². The van der Waals surface area contributed by atoms with Crippen LogP contribution in [0.25, 0.3) is 10.9 Å². The van der Waals surface area contributed by atoms with Gasteiger partial charge in [-0.25, -0.2) is 4.98 Å². The highest BCUT2D eigenvalue weighted by Gasteiger charge is 2.43. The lowest BCUT2D eigenvalue weighted by Crippen LogP contribution is -2.58. The van der Waals surface area contributed by atoms with E-state index in [2.05, 4.69) is 34.0 Å². The van der Waals surface area contributed by atoms with E-state index in [9.17, 15) is 29.8 Å². The van der Waals surface area contributed by atoms with Crippen molar-refractivity contribution in [1.29, 1.82) is 5.26 Å². The van der Waals surface area contributed by atoms with Crippen molar-refractivity contribution in [3.05, 3.63) is 58.4 Å². The summed E-state index contributed by atoms with van der Waals surface area (Å²) in [6.07, 6.45) is 3.03. The van der Waals surface area contributed by atoms with E-state index in [0.29, 0.717) is 41.6 Å². The maximum atomic E-state index is 13.6. The van der Waals surface area contributed by atoms with E-state index in [1.54, 1.807) is 24.4 Å². The Kier molecular flexibility index (Phi) is 8.01. The highest BCUT2D eigenvalue weighted by molar-refractivity contribution is 7.82. The van der Waals surface area contributed by atoms with E-state index in [-0.39, 0.29) is 24.4 Å². The molecule has 0 radical (unpaired) electrons. The number of thiol groups is 1. The summed E-state index contributed by atoms with van der Waals surface area (Å²) in [4.78, 5) is 54.1. The van der Waals surface area contributed by atoms with E-state index >= 15 is 0 Å². The first kappa shape index (κ1) is 27.4. The number of carboxylic acid groups (broad SMARTS) is 1. The molecule has 3 heterocycles. The van der Waals surface area contributed by atoms with Gasteiger partial charge in [0.25, 0.3) is 11.6 Å². The summed E-state index contributed by atoms with van der Waals surface area (Å²) >= 11 is 4.61. The van der Waals surface area contributed by atoms with E-state index in [1.165, 1.54) is 17.0 Å². The second-order valence-corrected chi connectivity index (χ2v) is 9.76. The second kappa shape index (κ2) is 11.4. The Bertz CT molecular complexity index is 1470. The number of amides is 2. The zero-order valence-corrected chi connectivity index (χ0v) is 21.4. The molecule has 0 saturated carbocycles. The van der Waals surface area contributed by atoms with Crippen molar-refractivity contribution in [3.63, 3.8) is 0 Å². The highest BCUT2D eigenvalue weighted by atomic mass is 32.1. The number of hydrogen-bond acceptors (Lipinski definition) is 9. The van der Waals surface area contributed by atoms with Crippen LogP contribution in [0.4, 0.5) is 5.69 Å². The number of carbonyl (C=O) groups is 3. The van der Waals surface area contributed by atoms with Gasteiger partial charge in [-0.1, -0.05) is 0 Å². The minimum absolute atomic E-state index is 0.0817. The molecular formula is C25H24N6O7S. The van der Waals surface area contributed by atoms with Crippen LogP contribution in [-0.4, -0.2) is 60.1 Å². The first-order valence-corrected chi connectivity index (χ1v) is 12.4. The molecule has 2 atom stereocenters. The summed E-state index contributed by atoms with van der Waals surface area (Å²) in [5.41, 5.74) is 1.12. The van der Waals surface area contributed by atoms with Crippen molar-refractivity contribution in [1.82, 2.24) is 20.2 Å². The summed E-state index contributed by atoms with van der Waals surface area (Å²) in [6.45, 7) is 0.332.